The number of hydrogen-bond donors (Lipinski definition) is 0. The van der Waals surface area contributed by atoms with Gasteiger partial charge in [-0.05, 0) is 6.92 Å². The average molecular weight is 123 g/mol. The maximum absolute atomic E-state index is 9.43. The molecule has 0 saturated heterocycles. The summed E-state index contributed by atoms with van der Waals surface area (Å²) in [5.41, 5.74) is 0. The van der Waals surface area contributed by atoms with E-state index >= 15 is 0 Å². The van der Waals surface area contributed by atoms with Gasteiger partial charge in [0.1, 0.15) is 6.61 Å². The molecule has 1 unspecified atom stereocenters. The van der Waals surface area contributed by atoms with Crippen LogP contribution in [0.4, 0.5) is 0 Å². The molecule has 0 fully saturated rings. The smallest absolute Gasteiger partial charge is 0.293 e. The van der Waals surface area contributed by atoms with Gasteiger partial charge in [0, 0.05) is 0 Å². The van der Waals surface area contributed by atoms with Crippen LogP contribution in [0.1, 0.15) is 6.92 Å². The fraction of sp³-hybridized carbons (Fsp3) is 0.750. The summed E-state index contributed by atoms with van der Waals surface area (Å²) < 4.78 is 4.28. The molecule has 0 heterocycles. The Labute approximate surface area is 47.4 Å². The van der Waals surface area contributed by atoms with Crippen molar-refractivity contribution in [1.82, 2.24) is 0 Å². The van der Waals surface area contributed by atoms with E-state index in [9.17, 15) is 4.79 Å². The van der Waals surface area contributed by atoms with Gasteiger partial charge in [-0.25, -0.2) is 0 Å². The second kappa shape index (κ2) is 3.93. The van der Waals surface area contributed by atoms with Gasteiger partial charge < -0.3 is 4.74 Å². The van der Waals surface area contributed by atoms with Crippen molar-refractivity contribution in [2.75, 3.05) is 6.61 Å². The van der Waals surface area contributed by atoms with E-state index in [-0.39, 0.29) is 5.38 Å². The molecule has 7 heavy (non-hydrogen) atoms. The van der Waals surface area contributed by atoms with E-state index in [1.807, 2.05) is 0 Å². The third kappa shape index (κ3) is 5.76. The minimum Gasteiger partial charge on any atom is -0.466 e. The first-order valence-electron chi connectivity index (χ1n) is 1.96. The summed E-state index contributed by atoms with van der Waals surface area (Å²) in [5.74, 6) is 0. The number of hydrogen-bond acceptors (Lipinski definition) is 2. The van der Waals surface area contributed by atoms with E-state index < -0.39 is 0 Å². The van der Waals surface area contributed by atoms with E-state index in [4.69, 9.17) is 11.6 Å². The predicted octanol–water partition coefficient (Wildman–Crippen LogP) is 0.787. The van der Waals surface area contributed by atoms with Crippen molar-refractivity contribution in [1.29, 1.82) is 0 Å². The largest absolute Gasteiger partial charge is 0.466 e. The summed E-state index contributed by atoms with van der Waals surface area (Å²) in [6.07, 6.45) is 0. The quantitative estimate of drug-likeness (QED) is 0.409. The molecule has 42 valence electrons. The van der Waals surface area contributed by atoms with E-state index in [1.165, 1.54) is 0 Å². The third-order valence-corrected chi connectivity index (χ3v) is 0.520. The molecule has 1 atom stereocenters. The van der Waals surface area contributed by atoms with Crippen LogP contribution in [-0.2, 0) is 9.53 Å². The van der Waals surface area contributed by atoms with Crippen LogP contribution in [0.3, 0.4) is 0 Å². The zero-order valence-corrected chi connectivity index (χ0v) is 4.81. The Morgan fingerprint density at radius 3 is 2.71 bits per heavy atom. The van der Waals surface area contributed by atoms with E-state index in [1.54, 1.807) is 6.92 Å². The van der Waals surface area contributed by atoms with E-state index in [0.29, 0.717) is 13.1 Å². The molecule has 0 aliphatic carbocycles. The molecular weight excluding hydrogens is 115 g/mol. The monoisotopic (exact) mass is 122 g/mol. The topological polar surface area (TPSA) is 26.3 Å². The van der Waals surface area contributed by atoms with Crippen LogP contribution in [0, 0.1) is 0 Å². The van der Waals surface area contributed by atoms with Crippen LogP contribution in [0.25, 0.3) is 0 Å². The first kappa shape index (κ1) is 6.76. The van der Waals surface area contributed by atoms with E-state index in [0.717, 1.165) is 0 Å². The molecule has 0 aliphatic heterocycles. The van der Waals surface area contributed by atoms with Crippen LogP contribution in [0.5, 0.6) is 0 Å². The molecule has 0 N–H and O–H groups in total. The zero-order valence-electron chi connectivity index (χ0n) is 4.06. The standard InChI is InChI=1S/C4H7ClO2/c1-4(5)2-7-3-6/h3-4H,2H2,1H3. The minimum absolute atomic E-state index is 0.0785. The lowest BCUT2D eigenvalue weighted by Gasteiger charge is -1.96. The van der Waals surface area contributed by atoms with Gasteiger partial charge in [0.25, 0.3) is 6.47 Å². The van der Waals surface area contributed by atoms with Gasteiger partial charge >= 0.3 is 0 Å². The lowest BCUT2D eigenvalue weighted by Crippen LogP contribution is -2.01. The van der Waals surface area contributed by atoms with Gasteiger partial charge in [-0.1, -0.05) is 0 Å². The molecule has 0 saturated carbocycles. The summed E-state index contributed by atoms with van der Waals surface area (Å²) in [5, 5.41) is -0.0785. The van der Waals surface area contributed by atoms with Crippen molar-refractivity contribution in [2.45, 2.75) is 12.3 Å². The Bertz CT molecular complexity index is 53.7. The van der Waals surface area contributed by atoms with Crippen LogP contribution in [-0.4, -0.2) is 18.5 Å². The highest BCUT2D eigenvalue weighted by molar-refractivity contribution is 6.20. The molecule has 0 rings (SSSR count). The maximum Gasteiger partial charge on any atom is 0.293 e. The van der Waals surface area contributed by atoms with Crippen molar-refractivity contribution in [3.05, 3.63) is 0 Å². The van der Waals surface area contributed by atoms with Gasteiger partial charge in [-0.3, -0.25) is 4.79 Å². The Morgan fingerprint density at radius 1 is 2.00 bits per heavy atom. The molecular formula is C4H7ClO2. The lowest BCUT2D eigenvalue weighted by atomic mass is 10.5. The van der Waals surface area contributed by atoms with Gasteiger partial charge in [-0.2, -0.15) is 0 Å². The molecule has 0 aromatic carbocycles. The van der Waals surface area contributed by atoms with Crippen LogP contribution >= 0.6 is 11.6 Å². The average Bonchev–Trinajstić information content (AvgIpc) is 1.61. The second-order valence-electron chi connectivity index (χ2n) is 1.21. The molecule has 0 spiro atoms. The summed E-state index contributed by atoms with van der Waals surface area (Å²) >= 11 is 5.37. The number of carbonyl (C=O) groups excluding carboxylic acids is 1. The third-order valence-electron chi connectivity index (χ3n) is 0.394. The highest BCUT2D eigenvalue weighted by atomic mass is 35.5. The Hall–Kier alpha value is -0.240. The van der Waals surface area contributed by atoms with Crippen LogP contribution in [0.15, 0.2) is 0 Å². The summed E-state index contributed by atoms with van der Waals surface area (Å²) in [7, 11) is 0. The number of ether oxygens (including phenoxy) is 1. The number of halogens is 1. The fourth-order valence-electron chi connectivity index (χ4n) is 0.172. The van der Waals surface area contributed by atoms with Crippen LogP contribution < -0.4 is 0 Å². The fourth-order valence-corrected chi connectivity index (χ4v) is 0.245. The summed E-state index contributed by atoms with van der Waals surface area (Å²) in [4.78, 5) is 9.43. The molecule has 0 aliphatic rings. The molecule has 0 bridgehead atoms. The Morgan fingerprint density at radius 2 is 2.57 bits per heavy atom. The van der Waals surface area contributed by atoms with Crippen LogP contribution in [0.2, 0.25) is 0 Å². The Kier molecular flexibility index (Phi) is 3.80. The lowest BCUT2D eigenvalue weighted by molar-refractivity contribution is -0.128. The Balaban J connectivity index is 2.81. The van der Waals surface area contributed by atoms with Gasteiger partial charge in [-0.15, -0.1) is 11.6 Å². The molecule has 0 amide bonds. The molecule has 0 aromatic rings. The van der Waals surface area contributed by atoms with Gasteiger partial charge in [0.2, 0.25) is 0 Å². The first-order valence-corrected chi connectivity index (χ1v) is 2.40. The highest BCUT2D eigenvalue weighted by Gasteiger charge is 1.91. The second-order valence-corrected chi connectivity index (χ2v) is 1.96. The van der Waals surface area contributed by atoms with E-state index in [2.05, 4.69) is 4.74 Å². The van der Waals surface area contributed by atoms with Crippen molar-refractivity contribution in [3.63, 3.8) is 0 Å². The molecule has 3 heteroatoms. The van der Waals surface area contributed by atoms with Gasteiger partial charge in [0.15, 0.2) is 0 Å². The molecule has 0 radical (unpaired) electrons. The van der Waals surface area contributed by atoms with Crippen molar-refractivity contribution in [3.8, 4) is 0 Å². The number of rotatable bonds is 3. The summed E-state index contributed by atoms with van der Waals surface area (Å²) in [6, 6.07) is 0. The SMILES string of the molecule is CC(Cl)COC=O. The first-order chi connectivity index (χ1) is 3.27. The zero-order chi connectivity index (χ0) is 5.70. The van der Waals surface area contributed by atoms with Crippen molar-refractivity contribution < 1.29 is 9.53 Å². The summed E-state index contributed by atoms with van der Waals surface area (Å²) in [6.45, 7) is 2.44. The molecule has 2 nitrogen and oxygen atoms in total. The maximum atomic E-state index is 9.43. The highest BCUT2D eigenvalue weighted by Crippen LogP contribution is 1.90. The number of alkyl halides is 1. The predicted molar refractivity (Wildman–Crippen MR) is 27.3 cm³/mol. The van der Waals surface area contributed by atoms with Crippen molar-refractivity contribution in [2.24, 2.45) is 0 Å². The van der Waals surface area contributed by atoms with Crippen molar-refractivity contribution >= 4 is 18.1 Å². The minimum atomic E-state index is -0.0785. The number of carbonyl (C=O) groups is 1. The normalized spacial score (nSPS) is 12.9. The van der Waals surface area contributed by atoms with Gasteiger partial charge in [0.05, 0.1) is 5.38 Å². The molecule has 0 aromatic heterocycles.